The van der Waals surface area contributed by atoms with Crippen LogP contribution in [0.1, 0.15) is 5.56 Å². The predicted molar refractivity (Wildman–Crippen MR) is 39.6 cm³/mol. The van der Waals surface area contributed by atoms with Gasteiger partial charge in [0, 0.05) is 5.56 Å². The molecule has 0 bridgehead atoms. The number of nitrogens with two attached hydrogens (primary N) is 1. The first-order chi connectivity index (χ1) is 4.74. The Balaban J connectivity index is 3.07. The van der Waals surface area contributed by atoms with Crippen molar-refractivity contribution in [3.05, 3.63) is 22.8 Å². The van der Waals surface area contributed by atoms with Crippen molar-refractivity contribution >= 4 is 17.4 Å². The van der Waals surface area contributed by atoms with Crippen LogP contribution in [0.15, 0.2) is 12.1 Å². The zero-order valence-electron chi connectivity index (χ0n) is 5.21. The van der Waals surface area contributed by atoms with Crippen LogP contribution in [-0.4, -0.2) is 10.1 Å². The van der Waals surface area contributed by atoms with Crippen molar-refractivity contribution in [3.63, 3.8) is 0 Å². The highest BCUT2D eigenvalue weighted by molar-refractivity contribution is 6.30. The normalized spacial score (nSPS) is 9.80. The zero-order valence-corrected chi connectivity index (χ0v) is 5.97. The van der Waals surface area contributed by atoms with E-state index in [2.05, 4.69) is 4.98 Å². The largest absolute Gasteiger partial charge is 0.392 e. The van der Waals surface area contributed by atoms with Gasteiger partial charge in [-0.15, -0.1) is 0 Å². The van der Waals surface area contributed by atoms with Gasteiger partial charge in [0.15, 0.2) is 0 Å². The van der Waals surface area contributed by atoms with E-state index >= 15 is 0 Å². The molecule has 0 aromatic carbocycles. The number of aliphatic hydroxyl groups excluding tert-OH is 1. The van der Waals surface area contributed by atoms with Gasteiger partial charge >= 0.3 is 0 Å². The van der Waals surface area contributed by atoms with Crippen LogP contribution in [0.3, 0.4) is 0 Å². The van der Waals surface area contributed by atoms with Crippen LogP contribution in [0, 0.1) is 0 Å². The van der Waals surface area contributed by atoms with Gasteiger partial charge in [-0.25, -0.2) is 4.98 Å². The molecule has 0 aliphatic heterocycles. The standard InChI is InChI=1S/C6H7ClN2O/c7-6-4(3-10)1-2-5(8)9-6/h1-2,10H,3H2,(H2,8,9). The molecule has 0 amide bonds. The summed E-state index contributed by atoms with van der Waals surface area (Å²) >= 11 is 5.58. The van der Waals surface area contributed by atoms with Crippen LogP contribution in [0.4, 0.5) is 5.82 Å². The number of rotatable bonds is 1. The van der Waals surface area contributed by atoms with Crippen LogP contribution < -0.4 is 5.73 Å². The van der Waals surface area contributed by atoms with Crippen molar-refractivity contribution in [1.82, 2.24) is 4.98 Å². The molecule has 0 atom stereocenters. The van der Waals surface area contributed by atoms with E-state index in [9.17, 15) is 0 Å². The highest BCUT2D eigenvalue weighted by Gasteiger charge is 1.98. The number of aliphatic hydroxyl groups is 1. The fourth-order valence-electron chi connectivity index (χ4n) is 0.595. The summed E-state index contributed by atoms with van der Waals surface area (Å²) in [6.07, 6.45) is 0. The van der Waals surface area contributed by atoms with Gasteiger partial charge in [-0.2, -0.15) is 0 Å². The van der Waals surface area contributed by atoms with Crippen LogP contribution in [0.5, 0.6) is 0 Å². The van der Waals surface area contributed by atoms with E-state index in [0.717, 1.165) is 0 Å². The summed E-state index contributed by atoms with van der Waals surface area (Å²) in [4.78, 5) is 3.73. The lowest BCUT2D eigenvalue weighted by atomic mass is 10.3. The lowest BCUT2D eigenvalue weighted by Crippen LogP contribution is -1.93. The summed E-state index contributed by atoms with van der Waals surface area (Å²) in [5.41, 5.74) is 5.90. The van der Waals surface area contributed by atoms with Crippen molar-refractivity contribution in [2.24, 2.45) is 0 Å². The molecule has 0 fully saturated rings. The minimum atomic E-state index is -0.105. The molecule has 0 aliphatic rings. The van der Waals surface area contributed by atoms with Crippen molar-refractivity contribution in [2.75, 3.05) is 5.73 Å². The molecule has 1 aromatic heterocycles. The molecule has 4 heteroatoms. The van der Waals surface area contributed by atoms with Crippen molar-refractivity contribution in [3.8, 4) is 0 Å². The van der Waals surface area contributed by atoms with Crippen molar-refractivity contribution < 1.29 is 5.11 Å². The summed E-state index contributed by atoms with van der Waals surface area (Å²) in [6, 6.07) is 3.24. The molecule has 3 nitrogen and oxygen atoms in total. The molecule has 0 saturated carbocycles. The Hall–Kier alpha value is -0.800. The predicted octanol–water partition coefficient (Wildman–Crippen LogP) is 0.809. The van der Waals surface area contributed by atoms with Gasteiger partial charge in [-0.3, -0.25) is 0 Å². The van der Waals surface area contributed by atoms with Gasteiger partial charge in [0.1, 0.15) is 11.0 Å². The number of nitrogen functional groups attached to an aromatic ring is 1. The van der Waals surface area contributed by atoms with E-state index in [-0.39, 0.29) is 11.8 Å². The van der Waals surface area contributed by atoms with Gasteiger partial charge in [0.25, 0.3) is 0 Å². The molecule has 0 aliphatic carbocycles. The Labute approximate surface area is 63.5 Å². The smallest absolute Gasteiger partial charge is 0.136 e. The molecule has 0 unspecified atom stereocenters. The molecule has 0 radical (unpaired) electrons. The third kappa shape index (κ3) is 1.37. The second-order valence-electron chi connectivity index (χ2n) is 1.84. The summed E-state index contributed by atoms with van der Waals surface area (Å²) in [5, 5.41) is 8.91. The van der Waals surface area contributed by atoms with Gasteiger partial charge in [0.2, 0.25) is 0 Å². The van der Waals surface area contributed by atoms with E-state index in [1.54, 1.807) is 12.1 Å². The van der Waals surface area contributed by atoms with Crippen LogP contribution in [-0.2, 0) is 6.61 Å². The topological polar surface area (TPSA) is 59.1 Å². The summed E-state index contributed by atoms with van der Waals surface area (Å²) in [6.45, 7) is -0.105. The maximum absolute atomic E-state index is 8.64. The summed E-state index contributed by atoms with van der Waals surface area (Å²) in [5.74, 6) is 0.363. The van der Waals surface area contributed by atoms with E-state index in [1.165, 1.54) is 0 Å². The molecule has 1 heterocycles. The van der Waals surface area contributed by atoms with E-state index in [1.807, 2.05) is 0 Å². The third-order valence-corrected chi connectivity index (χ3v) is 1.45. The maximum Gasteiger partial charge on any atom is 0.136 e. The second kappa shape index (κ2) is 2.86. The Kier molecular flexibility index (Phi) is 2.09. The number of aromatic nitrogens is 1. The molecular weight excluding hydrogens is 152 g/mol. The second-order valence-corrected chi connectivity index (χ2v) is 2.20. The Morgan fingerprint density at radius 3 is 2.80 bits per heavy atom. The Bertz CT molecular complexity index is 239. The average Bonchev–Trinajstić information content (AvgIpc) is 1.88. The van der Waals surface area contributed by atoms with E-state index in [4.69, 9.17) is 22.4 Å². The van der Waals surface area contributed by atoms with Crippen molar-refractivity contribution in [2.45, 2.75) is 6.61 Å². The first kappa shape index (κ1) is 7.31. The van der Waals surface area contributed by atoms with Gasteiger partial charge in [-0.05, 0) is 12.1 Å². The SMILES string of the molecule is Nc1ccc(CO)c(Cl)n1. The van der Waals surface area contributed by atoms with E-state index < -0.39 is 0 Å². The molecule has 54 valence electrons. The fourth-order valence-corrected chi connectivity index (χ4v) is 0.815. The van der Waals surface area contributed by atoms with Crippen LogP contribution in [0.2, 0.25) is 5.15 Å². The third-order valence-electron chi connectivity index (χ3n) is 1.12. The number of anilines is 1. The number of hydrogen-bond acceptors (Lipinski definition) is 3. The van der Waals surface area contributed by atoms with Crippen LogP contribution in [0.25, 0.3) is 0 Å². The maximum atomic E-state index is 8.64. The molecule has 1 rings (SSSR count). The van der Waals surface area contributed by atoms with Crippen molar-refractivity contribution in [1.29, 1.82) is 0 Å². The summed E-state index contributed by atoms with van der Waals surface area (Å²) < 4.78 is 0. The lowest BCUT2D eigenvalue weighted by molar-refractivity contribution is 0.281. The Morgan fingerprint density at radius 1 is 1.60 bits per heavy atom. The number of hydrogen-bond donors (Lipinski definition) is 2. The highest BCUT2D eigenvalue weighted by atomic mass is 35.5. The highest BCUT2D eigenvalue weighted by Crippen LogP contribution is 2.13. The molecule has 3 N–H and O–H groups in total. The summed E-state index contributed by atoms with van der Waals surface area (Å²) in [7, 11) is 0. The molecule has 0 saturated heterocycles. The quantitative estimate of drug-likeness (QED) is 0.595. The van der Waals surface area contributed by atoms with Gasteiger partial charge in [0.05, 0.1) is 6.61 Å². The van der Waals surface area contributed by atoms with Crippen LogP contribution >= 0.6 is 11.6 Å². The molecule has 10 heavy (non-hydrogen) atoms. The first-order valence-corrected chi connectivity index (χ1v) is 3.13. The fraction of sp³-hybridized carbons (Fsp3) is 0.167. The number of nitrogens with zero attached hydrogens (tertiary/aromatic N) is 1. The van der Waals surface area contributed by atoms with Gasteiger partial charge < -0.3 is 10.8 Å². The number of pyridine rings is 1. The molecule has 0 spiro atoms. The van der Waals surface area contributed by atoms with Gasteiger partial charge in [-0.1, -0.05) is 11.6 Å². The zero-order chi connectivity index (χ0) is 7.56. The minimum Gasteiger partial charge on any atom is -0.392 e. The monoisotopic (exact) mass is 158 g/mol. The minimum absolute atomic E-state index is 0.105. The lowest BCUT2D eigenvalue weighted by Gasteiger charge is -1.98. The molecular formula is C6H7ClN2O. The average molecular weight is 159 g/mol. The first-order valence-electron chi connectivity index (χ1n) is 2.76. The Morgan fingerprint density at radius 2 is 2.30 bits per heavy atom. The molecule has 1 aromatic rings. The van der Waals surface area contributed by atoms with E-state index in [0.29, 0.717) is 11.4 Å². The number of halogens is 1.